The van der Waals surface area contributed by atoms with Crippen molar-refractivity contribution in [2.45, 2.75) is 109 Å². The molecule has 0 spiro atoms. The molecule has 1 amide bonds. The number of benzene rings is 3. The normalized spacial score (nSPS) is 30.6. The van der Waals surface area contributed by atoms with Crippen molar-refractivity contribution in [2.24, 2.45) is 34.0 Å². The Morgan fingerprint density at radius 1 is 1.00 bits per heavy atom. The van der Waals surface area contributed by atoms with Gasteiger partial charge in [-0.05, 0) is 104 Å². The van der Waals surface area contributed by atoms with Crippen LogP contribution in [0.1, 0.15) is 84.6 Å². The molecule has 1 saturated heterocycles. The molecule has 3 aromatic rings. The summed E-state index contributed by atoms with van der Waals surface area (Å²) in [5.74, 6) is -1.00. The van der Waals surface area contributed by atoms with Crippen LogP contribution in [0.25, 0.3) is 0 Å². The predicted octanol–water partition coefficient (Wildman–Crippen LogP) is 10.1. The first-order chi connectivity index (χ1) is 29.0. The molecule has 4 aliphatic rings. The first-order valence-electron chi connectivity index (χ1n) is 21.3. The lowest BCUT2D eigenvalue weighted by Crippen LogP contribution is -2.63. The maximum absolute atomic E-state index is 13.6. The van der Waals surface area contributed by atoms with Gasteiger partial charge in [-0.15, -0.1) is 18.3 Å². The van der Waals surface area contributed by atoms with Gasteiger partial charge >= 0.3 is 11.9 Å². The number of nitrogens with one attached hydrogen (secondary N) is 3. The van der Waals surface area contributed by atoms with Gasteiger partial charge in [0.15, 0.2) is 0 Å². The van der Waals surface area contributed by atoms with Crippen LogP contribution in [-0.2, 0) is 30.3 Å². The molecule has 61 heavy (non-hydrogen) atoms. The molecule has 3 aromatic carbocycles. The van der Waals surface area contributed by atoms with E-state index in [1.54, 1.807) is 36.4 Å². The van der Waals surface area contributed by atoms with Crippen LogP contribution in [0.3, 0.4) is 0 Å². The van der Waals surface area contributed by atoms with Crippen molar-refractivity contribution >= 4 is 75.7 Å². The quantitative estimate of drug-likeness (QED) is 0.0714. The number of esters is 1. The zero-order valence-electron chi connectivity index (χ0n) is 35.5. The van der Waals surface area contributed by atoms with Gasteiger partial charge < -0.3 is 30.9 Å². The van der Waals surface area contributed by atoms with E-state index in [9.17, 15) is 24.3 Å². The zero-order chi connectivity index (χ0) is 44.1. The Kier molecular flexibility index (Phi) is 15.0. The molecule has 1 heterocycles. The number of para-hydroxylation sites is 2. The van der Waals surface area contributed by atoms with Crippen LogP contribution in [0, 0.1) is 34.0 Å². The fraction of sp³-hybridized carbons (Fsp3) is 0.500. The number of aliphatic hydroxyl groups is 1. The van der Waals surface area contributed by atoms with Crippen LogP contribution in [0.2, 0.25) is 10.0 Å². The Hall–Kier alpha value is -3.87. The van der Waals surface area contributed by atoms with Gasteiger partial charge in [0.05, 0.1) is 40.1 Å². The minimum absolute atomic E-state index is 0.0327. The Bertz CT molecular complexity index is 2090. The molecule has 10 nitrogen and oxygen atoms in total. The van der Waals surface area contributed by atoms with Crippen molar-refractivity contribution in [3.63, 3.8) is 0 Å². The summed E-state index contributed by atoms with van der Waals surface area (Å²) in [5.41, 5.74) is 1.16. The summed E-state index contributed by atoms with van der Waals surface area (Å²) in [7, 11) is 0. The first kappa shape index (κ1) is 46.6. The number of carbonyl (C=O) groups is 4. The molecule has 5 N–H and O–H groups in total. The number of thioether (sulfide) groups is 1. The van der Waals surface area contributed by atoms with Crippen LogP contribution in [-0.4, -0.2) is 64.4 Å². The molecule has 7 rings (SSSR count). The highest BCUT2D eigenvalue weighted by molar-refractivity contribution is 8.00. The van der Waals surface area contributed by atoms with Crippen LogP contribution in [0.15, 0.2) is 84.3 Å². The molecule has 2 bridgehead atoms. The number of hydrogen-bond donors (Lipinski definition) is 5. The van der Waals surface area contributed by atoms with E-state index in [2.05, 4.69) is 43.3 Å². The highest BCUT2D eigenvalue weighted by Gasteiger charge is 2.68. The third-order valence-corrected chi connectivity index (χ3v) is 15.8. The number of anilines is 3. The van der Waals surface area contributed by atoms with E-state index in [4.69, 9.17) is 33.0 Å². The molecule has 3 saturated carbocycles. The summed E-state index contributed by atoms with van der Waals surface area (Å²) in [4.78, 5) is 51.4. The standard InChI is InChI=1S/C34H48N2O5S.C14H11Cl2NO2/c1-6-32(4)19-27(33(5)21(2)13-15-34(22(3)30(32)39)16-14-26(37)29(33)34)41-28(38)20-42-24-11-9-10-23(18-24)36-31(40)25-12-7-8-17-35-25;15-10-5-3-6-11(16)14(10)17-12-7-2-1-4-9(12)8-13(18)19/h6,9-11,18,21-22,25,27,29-30,35,39H,1,7-8,12-17,19-20H2,2-5H3,(H,36,40);1-7,17H,8H2,(H,18,19)/t21-,22+,25?,27-,29+,30+,32-,33+,34+;/m1./s1. The van der Waals surface area contributed by atoms with E-state index in [1.165, 1.54) is 11.8 Å². The van der Waals surface area contributed by atoms with E-state index < -0.39 is 29.0 Å². The molecule has 3 aliphatic carbocycles. The number of hydrogen-bond acceptors (Lipinski definition) is 9. The molecule has 1 aliphatic heterocycles. The number of Topliss-reactive ketones (excluding diaryl/α,β-unsaturated/α-hetero) is 1. The van der Waals surface area contributed by atoms with E-state index in [0.717, 1.165) is 50.0 Å². The minimum Gasteiger partial charge on any atom is -0.481 e. The third-order valence-electron chi connectivity index (χ3n) is 14.2. The fourth-order valence-electron chi connectivity index (χ4n) is 10.5. The van der Waals surface area contributed by atoms with Crippen LogP contribution in [0.5, 0.6) is 0 Å². The lowest BCUT2D eigenvalue weighted by atomic mass is 9.44. The fourth-order valence-corrected chi connectivity index (χ4v) is 11.7. The van der Waals surface area contributed by atoms with Crippen molar-refractivity contribution in [3.8, 4) is 0 Å². The number of carboxylic acid groups (broad SMARTS) is 1. The molecule has 9 atom stereocenters. The Labute approximate surface area is 374 Å². The van der Waals surface area contributed by atoms with Crippen molar-refractivity contribution in [3.05, 3.63) is 95.0 Å². The number of aliphatic carboxylic acids is 1. The highest BCUT2D eigenvalue weighted by Crippen LogP contribution is 2.68. The van der Waals surface area contributed by atoms with Gasteiger partial charge in [0, 0.05) is 39.4 Å². The van der Waals surface area contributed by atoms with Gasteiger partial charge in [0.25, 0.3) is 0 Å². The van der Waals surface area contributed by atoms with Gasteiger partial charge in [-0.1, -0.05) is 93.7 Å². The number of carbonyl (C=O) groups excluding carboxylic acids is 3. The summed E-state index contributed by atoms with van der Waals surface area (Å²) in [6.07, 6.45) is 7.11. The van der Waals surface area contributed by atoms with Crippen LogP contribution >= 0.6 is 35.0 Å². The number of ketones is 1. The lowest BCUT2D eigenvalue weighted by molar-refractivity contribution is -0.205. The highest BCUT2D eigenvalue weighted by atomic mass is 35.5. The smallest absolute Gasteiger partial charge is 0.316 e. The topological polar surface area (TPSA) is 154 Å². The van der Waals surface area contributed by atoms with Crippen LogP contribution < -0.4 is 16.0 Å². The minimum atomic E-state index is -0.889. The Morgan fingerprint density at radius 3 is 2.41 bits per heavy atom. The van der Waals surface area contributed by atoms with E-state index in [-0.39, 0.29) is 59.0 Å². The molecule has 0 aromatic heterocycles. The Balaban J connectivity index is 0.000000273. The van der Waals surface area contributed by atoms with Crippen molar-refractivity contribution in [1.29, 1.82) is 0 Å². The predicted molar refractivity (Wildman–Crippen MR) is 244 cm³/mol. The van der Waals surface area contributed by atoms with Gasteiger partial charge in [-0.2, -0.15) is 0 Å². The molecular weight excluding hydrogens is 834 g/mol. The van der Waals surface area contributed by atoms with E-state index in [1.807, 2.05) is 43.3 Å². The second-order valence-electron chi connectivity index (χ2n) is 17.8. The molecule has 13 heteroatoms. The number of ether oxygens (including phenoxy) is 1. The largest absolute Gasteiger partial charge is 0.481 e. The maximum Gasteiger partial charge on any atom is 0.316 e. The van der Waals surface area contributed by atoms with Gasteiger partial charge in [0.2, 0.25) is 5.91 Å². The van der Waals surface area contributed by atoms with Crippen molar-refractivity contribution in [2.75, 3.05) is 22.9 Å². The van der Waals surface area contributed by atoms with Crippen molar-refractivity contribution in [1.82, 2.24) is 5.32 Å². The number of halogens is 2. The first-order valence-corrected chi connectivity index (χ1v) is 23.1. The molecule has 0 radical (unpaired) electrons. The third kappa shape index (κ3) is 10.0. The monoisotopic (exact) mass is 891 g/mol. The number of carboxylic acids is 1. The number of rotatable bonds is 11. The zero-order valence-corrected chi connectivity index (χ0v) is 37.8. The number of aliphatic hydroxyl groups excluding tert-OH is 1. The van der Waals surface area contributed by atoms with Crippen LogP contribution in [0.4, 0.5) is 17.1 Å². The molecule has 328 valence electrons. The molecule has 4 fully saturated rings. The average molecular weight is 893 g/mol. The lowest BCUT2D eigenvalue weighted by Gasteiger charge is -2.61. The SMILES string of the molecule is C=C[C@]1(C)C[C@@H](OC(=O)CSc2cccc(NC(=O)C3CCCCN3)c2)[C@]2(C)[C@H](C)CC[C@]3(CCC(=O)[C@H]32)[C@@H](C)[C@@H]1O.O=C(O)Cc1ccccc1Nc1c(Cl)cccc1Cl. The summed E-state index contributed by atoms with van der Waals surface area (Å²) in [5, 5.41) is 30.9. The number of piperidine rings is 1. The van der Waals surface area contributed by atoms with E-state index in [0.29, 0.717) is 45.5 Å². The summed E-state index contributed by atoms with van der Waals surface area (Å²) in [6.45, 7) is 13.4. The van der Waals surface area contributed by atoms with E-state index >= 15 is 0 Å². The summed E-state index contributed by atoms with van der Waals surface area (Å²) < 4.78 is 6.37. The maximum atomic E-state index is 13.6. The average Bonchev–Trinajstić information content (AvgIpc) is 3.60. The van der Waals surface area contributed by atoms with Gasteiger partial charge in [-0.3, -0.25) is 19.2 Å². The molecular formula is C48H59Cl2N3O7S. The van der Waals surface area contributed by atoms with Gasteiger partial charge in [0.1, 0.15) is 11.9 Å². The Morgan fingerprint density at radius 2 is 1.72 bits per heavy atom. The summed E-state index contributed by atoms with van der Waals surface area (Å²) in [6, 6.07) is 19.7. The van der Waals surface area contributed by atoms with Gasteiger partial charge in [-0.25, -0.2) is 0 Å². The number of amides is 1. The van der Waals surface area contributed by atoms with Crippen molar-refractivity contribution < 1.29 is 34.1 Å². The summed E-state index contributed by atoms with van der Waals surface area (Å²) >= 11 is 13.5. The second kappa shape index (κ2) is 19.7. The molecule has 1 unspecified atom stereocenters. The second-order valence-corrected chi connectivity index (χ2v) is 19.7.